The average molecular weight is 484 g/mol. The van der Waals surface area contributed by atoms with E-state index in [1.807, 2.05) is 18.2 Å². The van der Waals surface area contributed by atoms with Gasteiger partial charge in [0.15, 0.2) is 0 Å². The molecule has 3 amide bonds. The second kappa shape index (κ2) is 9.27. The maximum atomic E-state index is 15.7. The van der Waals surface area contributed by atoms with Crippen LogP contribution < -0.4 is 9.64 Å². The quantitative estimate of drug-likeness (QED) is 0.512. The monoisotopic (exact) mass is 483 g/mol. The van der Waals surface area contributed by atoms with Crippen molar-refractivity contribution in [1.82, 2.24) is 9.88 Å². The van der Waals surface area contributed by atoms with E-state index in [9.17, 15) is 20.1 Å². The van der Waals surface area contributed by atoms with Crippen LogP contribution in [0.4, 0.5) is 14.9 Å². The lowest BCUT2D eigenvalue weighted by Gasteiger charge is -2.48. The van der Waals surface area contributed by atoms with Gasteiger partial charge in [-0.1, -0.05) is 24.3 Å². The molecule has 1 aliphatic carbocycles. The van der Waals surface area contributed by atoms with E-state index in [-0.39, 0.29) is 19.4 Å². The molecule has 180 valence electrons. The molecule has 4 unspecified atom stereocenters. The number of anilines is 1. The molecule has 8 nitrogen and oxygen atoms in total. The van der Waals surface area contributed by atoms with Crippen molar-refractivity contribution in [2.75, 3.05) is 18.6 Å². The number of carbonyl (C=O) groups is 2. The third-order valence-corrected chi connectivity index (χ3v) is 7.16. The van der Waals surface area contributed by atoms with E-state index in [1.165, 1.54) is 18.2 Å². The van der Waals surface area contributed by atoms with Crippen LogP contribution in [-0.2, 0) is 4.79 Å². The Balaban J connectivity index is 1.56. The molecule has 3 aromatic rings. The van der Waals surface area contributed by atoms with E-state index < -0.39 is 36.0 Å². The van der Waals surface area contributed by atoms with E-state index in [2.05, 4.69) is 11.1 Å². The number of aromatic nitrogens is 1. The molecule has 9 heteroatoms. The molecule has 2 aromatic carbocycles. The first-order chi connectivity index (χ1) is 17.5. The lowest BCUT2D eigenvalue weighted by atomic mass is 9.71. The number of rotatable bonds is 4. The zero-order chi connectivity index (χ0) is 25.4. The van der Waals surface area contributed by atoms with Crippen molar-refractivity contribution in [3.63, 3.8) is 0 Å². The molecule has 1 saturated heterocycles. The third kappa shape index (κ3) is 3.70. The highest BCUT2D eigenvalue weighted by molar-refractivity contribution is 6.20. The summed E-state index contributed by atoms with van der Waals surface area (Å²) in [6.45, 7) is -0.255. The summed E-state index contributed by atoms with van der Waals surface area (Å²) in [5.41, 5.74) is 1.09. The van der Waals surface area contributed by atoms with Gasteiger partial charge in [0.25, 0.3) is 0 Å². The number of amides is 3. The number of nitriles is 2. The van der Waals surface area contributed by atoms with Gasteiger partial charge < -0.3 is 9.64 Å². The number of urea groups is 1. The number of benzene rings is 2. The van der Waals surface area contributed by atoms with Crippen LogP contribution in [-0.4, -0.2) is 47.7 Å². The van der Waals surface area contributed by atoms with Crippen LogP contribution in [0.2, 0.25) is 0 Å². The predicted octanol–water partition coefficient (Wildman–Crippen LogP) is 4.31. The van der Waals surface area contributed by atoms with Gasteiger partial charge in [0.05, 0.1) is 42.6 Å². The topological polar surface area (TPSA) is 110 Å². The van der Waals surface area contributed by atoms with Crippen LogP contribution in [0.5, 0.6) is 5.75 Å². The van der Waals surface area contributed by atoms with E-state index in [0.29, 0.717) is 28.0 Å². The number of hydrogen-bond acceptors (Lipinski definition) is 6. The van der Waals surface area contributed by atoms with E-state index in [4.69, 9.17) is 4.74 Å². The van der Waals surface area contributed by atoms with Crippen LogP contribution in [0, 0.1) is 28.6 Å². The van der Waals surface area contributed by atoms with E-state index >= 15 is 4.39 Å². The molecular formula is C27H22FN5O3. The number of imide groups is 1. The number of halogens is 1. The molecule has 0 spiro atoms. The van der Waals surface area contributed by atoms with Gasteiger partial charge in [-0.3, -0.25) is 9.78 Å². The van der Waals surface area contributed by atoms with E-state index in [0.717, 1.165) is 10.3 Å². The lowest BCUT2D eigenvalue weighted by molar-refractivity contribution is -0.128. The molecular weight excluding hydrogens is 461 g/mol. The molecule has 1 aromatic heterocycles. The normalized spacial score (nSPS) is 23.7. The average Bonchev–Trinajstić information content (AvgIpc) is 2.91. The SMILES string of the molecule is COc1ccc(C#N)c(C2CC3C(CC2F)C(=O)N(c2cncc4ccccc24)C(=O)N3CC#N)c1. The fourth-order valence-electron chi connectivity index (χ4n) is 5.44. The van der Waals surface area contributed by atoms with Crippen LogP contribution in [0.15, 0.2) is 54.9 Å². The first-order valence-corrected chi connectivity index (χ1v) is 11.5. The summed E-state index contributed by atoms with van der Waals surface area (Å²) in [6, 6.07) is 14.9. The molecule has 0 radical (unpaired) electrons. The smallest absolute Gasteiger partial charge is 0.332 e. The number of ether oxygens (including phenoxy) is 1. The number of fused-ring (bicyclic) bond motifs is 2. The maximum Gasteiger partial charge on any atom is 0.332 e. The molecule has 2 fully saturated rings. The highest BCUT2D eigenvalue weighted by atomic mass is 19.1. The lowest BCUT2D eigenvalue weighted by Crippen LogP contribution is -2.64. The van der Waals surface area contributed by atoms with Gasteiger partial charge in [-0.15, -0.1) is 0 Å². The van der Waals surface area contributed by atoms with Crippen molar-refractivity contribution in [1.29, 1.82) is 10.5 Å². The number of nitrogens with zero attached hydrogens (tertiary/aromatic N) is 5. The van der Waals surface area contributed by atoms with Crippen molar-refractivity contribution < 1.29 is 18.7 Å². The van der Waals surface area contributed by atoms with Crippen LogP contribution in [0.3, 0.4) is 0 Å². The van der Waals surface area contributed by atoms with Crippen molar-refractivity contribution in [2.24, 2.45) is 5.92 Å². The first kappa shape index (κ1) is 23.3. The Bertz CT molecular complexity index is 1440. The number of alkyl halides is 1. The van der Waals surface area contributed by atoms with Gasteiger partial charge in [-0.25, -0.2) is 14.1 Å². The van der Waals surface area contributed by atoms with Crippen LogP contribution in [0.1, 0.15) is 29.9 Å². The molecule has 4 atom stereocenters. The first-order valence-electron chi connectivity index (χ1n) is 11.5. The van der Waals surface area contributed by atoms with Gasteiger partial charge in [0.2, 0.25) is 5.91 Å². The van der Waals surface area contributed by atoms with Crippen LogP contribution >= 0.6 is 0 Å². The molecule has 5 rings (SSSR count). The Labute approximate surface area is 207 Å². The zero-order valence-corrected chi connectivity index (χ0v) is 19.5. The summed E-state index contributed by atoms with van der Waals surface area (Å²) in [4.78, 5) is 33.9. The zero-order valence-electron chi connectivity index (χ0n) is 19.5. The standard InChI is InChI=1S/C27H22FN5O3/c1-36-18-7-6-16(13-30)20(10-18)21-12-24-22(11-23(21)28)26(34)33(27(35)32(24)9-8-29)25-15-31-14-17-4-2-3-5-19(17)25/h2-7,10,14-15,21-24H,9,11-12H2,1H3. The summed E-state index contributed by atoms with van der Waals surface area (Å²) in [7, 11) is 1.48. The van der Waals surface area contributed by atoms with Gasteiger partial charge in [0.1, 0.15) is 18.5 Å². The maximum absolute atomic E-state index is 15.7. The van der Waals surface area contributed by atoms with E-state index in [1.54, 1.807) is 36.5 Å². The molecule has 0 bridgehead atoms. The van der Waals surface area contributed by atoms with Gasteiger partial charge in [-0.2, -0.15) is 10.5 Å². The summed E-state index contributed by atoms with van der Waals surface area (Å²) in [5.74, 6) is -1.59. The van der Waals surface area contributed by atoms with Crippen molar-refractivity contribution in [3.05, 3.63) is 66.0 Å². The fraction of sp³-hybridized carbons (Fsp3) is 0.296. The Morgan fingerprint density at radius 1 is 1.11 bits per heavy atom. The Hall–Kier alpha value is -4.50. The minimum absolute atomic E-state index is 0.106. The molecule has 0 N–H and O–H groups in total. The molecule has 2 aliphatic rings. The van der Waals surface area contributed by atoms with Crippen molar-refractivity contribution in [3.8, 4) is 17.9 Å². The second-order valence-corrected chi connectivity index (χ2v) is 8.95. The van der Waals surface area contributed by atoms with Crippen molar-refractivity contribution >= 4 is 28.4 Å². The number of hydrogen-bond donors (Lipinski definition) is 0. The highest BCUT2D eigenvalue weighted by Gasteiger charge is 2.52. The Morgan fingerprint density at radius 2 is 1.92 bits per heavy atom. The van der Waals surface area contributed by atoms with Gasteiger partial charge in [-0.05, 0) is 36.6 Å². The molecule has 1 aliphatic heterocycles. The van der Waals surface area contributed by atoms with Crippen LogP contribution in [0.25, 0.3) is 10.8 Å². The van der Waals surface area contributed by atoms with Gasteiger partial charge in [0, 0.05) is 28.9 Å². The van der Waals surface area contributed by atoms with Gasteiger partial charge >= 0.3 is 6.03 Å². The second-order valence-electron chi connectivity index (χ2n) is 8.95. The summed E-state index contributed by atoms with van der Waals surface area (Å²) < 4.78 is 21.0. The molecule has 2 heterocycles. The summed E-state index contributed by atoms with van der Waals surface area (Å²) in [5, 5.41) is 20.5. The number of pyridine rings is 1. The highest BCUT2D eigenvalue weighted by Crippen LogP contribution is 2.45. The molecule has 1 saturated carbocycles. The van der Waals surface area contributed by atoms with Crippen molar-refractivity contribution in [2.45, 2.75) is 31.0 Å². The Kier molecular flexibility index (Phi) is 5.99. The number of carbonyl (C=O) groups excluding carboxylic acids is 2. The summed E-state index contributed by atoms with van der Waals surface area (Å²) in [6.07, 6.45) is 1.61. The minimum atomic E-state index is -1.43. The minimum Gasteiger partial charge on any atom is -0.497 e. The fourth-order valence-corrected chi connectivity index (χ4v) is 5.44. The summed E-state index contributed by atoms with van der Waals surface area (Å²) >= 11 is 0. The Morgan fingerprint density at radius 3 is 2.67 bits per heavy atom. The third-order valence-electron chi connectivity index (χ3n) is 7.16. The largest absolute Gasteiger partial charge is 0.497 e. The molecule has 36 heavy (non-hydrogen) atoms. The number of methoxy groups -OCH3 is 1. The predicted molar refractivity (Wildman–Crippen MR) is 129 cm³/mol.